The predicted molar refractivity (Wildman–Crippen MR) is 143 cm³/mol. The quantitative estimate of drug-likeness (QED) is 0.178. The first-order valence-corrected chi connectivity index (χ1v) is 12.3. The average molecular weight is 513 g/mol. The van der Waals surface area contributed by atoms with Gasteiger partial charge in [-0.05, 0) is 42.3 Å². The lowest BCUT2D eigenvalue weighted by atomic mass is 10.1. The summed E-state index contributed by atoms with van der Waals surface area (Å²) in [5.41, 5.74) is 4.88. The Bertz CT molecular complexity index is 1490. The van der Waals surface area contributed by atoms with Crippen LogP contribution in [0.5, 0.6) is 0 Å². The summed E-state index contributed by atoms with van der Waals surface area (Å²) in [4.78, 5) is 37.3. The molecule has 0 bridgehead atoms. The molecule has 9 heteroatoms. The van der Waals surface area contributed by atoms with Crippen molar-refractivity contribution >= 4 is 34.3 Å². The molecule has 3 aromatic carbocycles. The average Bonchev–Trinajstić information content (AvgIpc) is 3.43. The molecular formula is C29H28N4O5. The molecule has 2 heterocycles. The van der Waals surface area contributed by atoms with Crippen molar-refractivity contribution in [3.63, 3.8) is 0 Å². The zero-order valence-electron chi connectivity index (χ0n) is 21.3. The number of oxime groups is 1. The zero-order valence-corrected chi connectivity index (χ0v) is 21.3. The van der Waals surface area contributed by atoms with E-state index >= 15 is 0 Å². The molecule has 1 amide bonds. The minimum absolute atomic E-state index is 0.149. The van der Waals surface area contributed by atoms with Crippen LogP contribution in [0.15, 0.2) is 78.0 Å². The van der Waals surface area contributed by atoms with Gasteiger partial charge in [-0.1, -0.05) is 47.6 Å². The molecule has 0 saturated heterocycles. The number of benzene rings is 3. The Morgan fingerprint density at radius 1 is 0.974 bits per heavy atom. The van der Waals surface area contributed by atoms with Crippen molar-refractivity contribution in [1.82, 2.24) is 9.55 Å². The van der Waals surface area contributed by atoms with E-state index in [1.807, 2.05) is 48.5 Å². The molecule has 0 atom stereocenters. The summed E-state index contributed by atoms with van der Waals surface area (Å²) in [7, 11) is 3.03. The number of fused-ring (bicyclic) bond motifs is 2. The number of anilines is 1. The van der Waals surface area contributed by atoms with Crippen LogP contribution < -0.4 is 4.90 Å². The molecule has 1 aliphatic heterocycles. The molecule has 194 valence electrons. The molecule has 38 heavy (non-hydrogen) atoms. The monoisotopic (exact) mass is 512 g/mol. The van der Waals surface area contributed by atoms with E-state index in [9.17, 15) is 9.59 Å². The SMILES string of the molecule is COCCCn1c(CN2C(=O)/C(=N\OCc3ccc(C(=O)OC)cc3)c3ccccc32)nc2ccccc21. The first-order valence-electron chi connectivity index (χ1n) is 12.3. The molecule has 0 fully saturated rings. The van der Waals surface area contributed by atoms with E-state index in [0.29, 0.717) is 24.3 Å². The third kappa shape index (κ3) is 5.01. The van der Waals surface area contributed by atoms with E-state index in [4.69, 9.17) is 19.3 Å². The van der Waals surface area contributed by atoms with Crippen LogP contribution in [-0.2, 0) is 38.8 Å². The molecule has 0 saturated carbocycles. The van der Waals surface area contributed by atoms with Crippen molar-refractivity contribution in [2.24, 2.45) is 5.16 Å². The van der Waals surface area contributed by atoms with Crippen molar-refractivity contribution in [3.05, 3.63) is 95.3 Å². The molecular weight excluding hydrogens is 484 g/mol. The number of esters is 1. The van der Waals surface area contributed by atoms with Crippen LogP contribution in [-0.4, -0.2) is 48.0 Å². The lowest BCUT2D eigenvalue weighted by Crippen LogP contribution is -2.31. The highest BCUT2D eigenvalue weighted by Crippen LogP contribution is 2.31. The van der Waals surface area contributed by atoms with Gasteiger partial charge >= 0.3 is 5.97 Å². The third-order valence-corrected chi connectivity index (χ3v) is 6.42. The molecule has 0 aliphatic carbocycles. The summed E-state index contributed by atoms with van der Waals surface area (Å²) in [5.74, 6) is 0.138. The van der Waals surface area contributed by atoms with E-state index in [2.05, 4.69) is 9.72 Å². The number of amides is 1. The molecule has 0 N–H and O–H groups in total. The lowest BCUT2D eigenvalue weighted by molar-refractivity contribution is -0.112. The normalized spacial score (nSPS) is 13.8. The molecule has 1 aromatic heterocycles. The van der Waals surface area contributed by atoms with Crippen molar-refractivity contribution in [1.29, 1.82) is 0 Å². The number of carbonyl (C=O) groups is 2. The van der Waals surface area contributed by atoms with Gasteiger partial charge in [0, 0.05) is 25.8 Å². The van der Waals surface area contributed by atoms with Gasteiger partial charge in [-0.3, -0.25) is 9.69 Å². The Labute approximate surface area is 220 Å². The van der Waals surface area contributed by atoms with Crippen LogP contribution in [0, 0.1) is 0 Å². The second-order valence-corrected chi connectivity index (χ2v) is 8.83. The zero-order chi connectivity index (χ0) is 26.5. The smallest absolute Gasteiger partial charge is 0.337 e. The number of aryl methyl sites for hydroxylation is 1. The number of carbonyl (C=O) groups excluding carboxylic acids is 2. The summed E-state index contributed by atoms with van der Waals surface area (Å²) >= 11 is 0. The highest BCUT2D eigenvalue weighted by atomic mass is 16.6. The maximum absolute atomic E-state index is 13.6. The van der Waals surface area contributed by atoms with Crippen LogP contribution in [0.3, 0.4) is 0 Å². The topological polar surface area (TPSA) is 95.2 Å². The van der Waals surface area contributed by atoms with E-state index in [-0.39, 0.29) is 18.2 Å². The van der Waals surface area contributed by atoms with Gasteiger partial charge in [-0.25, -0.2) is 9.78 Å². The summed E-state index contributed by atoms with van der Waals surface area (Å²) in [6.45, 7) is 1.81. The van der Waals surface area contributed by atoms with Crippen molar-refractivity contribution in [2.45, 2.75) is 26.1 Å². The van der Waals surface area contributed by atoms with E-state index in [0.717, 1.165) is 41.1 Å². The largest absolute Gasteiger partial charge is 0.465 e. The highest BCUT2D eigenvalue weighted by molar-refractivity contribution is 6.54. The summed E-state index contributed by atoms with van der Waals surface area (Å²) < 4.78 is 12.1. The standard InChI is InChI=1S/C29H28N4O5/c1-36-17-7-16-32-25-11-6-4-9-23(25)30-26(32)18-33-24-10-5-3-8-22(24)27(28(33)34)31-38-19-20-12-14-21(15-13-20)29(35)37-2/h3-6,8-15H,7,16-19H2,1-2H3/b31-27-. The van der Waals surface area contributed by atoms with Gasteiger partial charge in [-0.15, -0.1) is 0 Å². The summed E-state index contributed by atoms with van der Waals surface area (Å²) in [6, 6.07) is 22.3. The minimum Gasteiger partial charge on any atom is -0.465 e. The number of methoxy groups -OCH3 is 2. The van der Waals surface area contributed by atoms with Gasteiger partial charge in [-0.2, -0.15) is 0 Å². The molecule has 0 spiro atoms. The highest BCUT2D eigenvalue weighted by Gasteiger charge is 2.35. The molecule has 5 rings (SSSR count). The van der Waals surface area contributed by atoms with Gasteiger partial charge in [0.1, 0.15) is 12.4 Å². The molecule has 9 nitrogen and oxygen atoms in total. The van der Waals surface area contributed by atoms with Crippen LogP contribution in [0.2, 0.25) is 0 Å². The van der Waals surface area contributed by atoms with Crippen LogP contribution in [0.4, 0.5) is 5.69 Å². The fourth-order valence-electron chi connectivity index (χ4n) is 4.54. The van der Waals surface area contributed by atoms with E-state index in [1.54, 1.807) is 36.3 Å². The Kier molecular flexibility index (Phi) is 7.46. The Morgan fingerprint density at radius 3 is 2.53 bits per heavy atom. The molecule has 0 unspecified atom stereocenters. The summed E-state index contributed by atoms with van der Waals surface area (Å²) in [6.07, 6.45) is 0.829. The molecule has 0 radical (unpaired) electrons. The van der Waals surface area contributed by atoms with Gasteiger partial charge in [0.2, 0.25) is 0 Å². The summed E-state index contributed by atoms with van der Waals surface area (Å²) in [5, 5.41) is 4.22. The van der Waals surface area contributed by atoms with Crippen LogP contribution in [0.25, 0.3) is 11.0 Å². The maximum atomic E-state index is 13.6. The number of hydrogen-bond acceptors (Lipinski definition) is 7. The number of ether oxygens (including phenoxy) is 2. The number of hydrogen-bond donors (Lipinski definition) is 0. The van der Waals surface area contributed by atoms with Crippen LogP contribution >= 0.6 is 0 Å². The van der Waals surface area contributed by atoms with E-state index in [1.165, 1.54) is 7.11 Å². The van der Waals surface area contributed by atoms with Crippen LogP contribution in [0.1, 0.15) is 33.7 Å². The Hall–Kier alpha value is -4.50. The fourth-order valence-corrected chi connectivity index (χ4v) is 4.54. The Balaban J connectivity index is 1.37. The predicted octanol–water partition coefficient (Wildman–Crippen LogP) is 4.33. The van der Waals surface area contributed by atoms with Gasteiger partial charge in [0.05, 0.1) is 35.9 Å². The second-order valence-electron chi connectivity index (χ2n) is 8.83. The van der Waals surface area contributed by atoms with Crippen molar-refractivity contribution in [2.75, 3.05) is 25.7 Å². The van der Waals surface area contributed by atoms with Crippen molar-refractivity contribution in [3.8, 4) is 0 Å². The molecule has 1 aliphatic rings. The minimum atomic E-state index is -0.404. The first kappa shape index (κ1) is 25.2. The number of imidazole rings is 1. The number of rotatable bonds is 10. The van der Waals surface area contributed by atoms with Crippen molar-refractivity contribution < 1.29 is 23.9 Å². The molecule has 4 aromatic rings. The second kappa shape index (κ2) is 11.3. The van der Waals surface area contributed by atoms with Gasteiger partial charge in [0.25, 0.3) is 5.91 Å². The van der Waals surface area contributed by atoms with E-state index < -0.39 is 5.97 Å². The Morgan fingerprint density at radius 2 is 1.74 bits per heavy atom. The van der Waals surface area contributed by atoms with Gasteiger partial charge in [0.15, 0.2) is 5.71 Å². The van der Waals surface area contributed by atoms with Gasteiger partial charge < -0.3 is 18.9 Å². The number of aromatic nitrogens is 2. The third-order valence-electron chi connectivity index (χ3n) is 6.42. The number of nitrogens with zero attached hydrogens (tertiary/aromatic N) is 4. The maximum Gasteiger partial charge on any atom is 0.337 e. The fraction of sp³-hybridized carbons (Fsp3) is 0.241. The lowest BCUT2D eigenvalue weighted by Gasteiger charge is -2.17. The number of para-hydroxylation sites is 3. The first-order chi connectivity index (χ1) is 18.6.